The van der Waals surface area contributed by atoms with Gasteiger partial charge in [0.2, 0.25) is 11.8 Å². The number of nitrogens with one attached hydrogen (secondary N) is 2. The summed E-state index contributed by atoms with van der Waals surface area (Å²) in [6, 6.07) is 11.6. The van der Waals surface area contributed by atoms with E-state index in [2.05, 4.69) is 17.7 Å². The Hall–Kier alpha value is -3.33. The van der Waals surface area contributed by atoms with Crippen LogP contribution in [-0.4, -0.2) is 69.2 Å². The number of anilines is 1. The fraction of sp³-hybridized carbons (Fsp3) is 0.458. The molecule has 2 aromatic rings. The van der Waals surface area contributed by atoms with Gasteiger partial charge >= 0.3 is 0 Å². The van der Waals surface area contributed by atoms with Crippen molar-refractivity contribution in [3.63, 3.8) is 0 Å². The maximum Gasteiger partial charge on any atom is 0.274 e. The number of carbonyl (C=O) groups excluding carboxylic acids is 3. The molecule has 0 spiro atoms. The Bertz CT molecular complexity index is 1030. The van der Waals surface area contributed by atoms with Crippen molar-refractivity contribution in [1.82, 2.24) is 14.5 Å². The van der Waals surface area contributed by atoms with Crippen LogP contribution in [0.3, 0.4) is 0 Å². The van der Waals surface area contributed by atoms with Crippen LogP contribution < -0.4 is 10.7 Å². The Morgan fingerprint density at radius 1 is 1.21 bits per heavy atom. The van der Waals surface area contributed by atoms with E-state index in [1.165, 1.54) is 6.92 Å². The molecule has 2 aliphatic rings. The molecule has 0 radical (unpaired) electrons. The Labute approximate surface area is 193 Å². The number of β-amino-alcohol motifs (C(OH)–C–C–N with tert-alkyl or cyclic N) is 1. The Kier molecular flexibility index (Phi) is 6.42. The van der Waals surface area contributed by atoms with E-state index in [-0.39, 0.29) is 36.9 Å². The fourth-order valence-corrected chi connectivity index (χ4v) is 4.53. The van der Waals surface area contributed by atoms with Crippen LogP contribution in [-0.2, 0) is 9.59 Å². The fourth-order valence-electron chi connectivity index (χ4n) is 4.53. The number of rotatable bonds is 6. The van der Waals surface area contributed by atoms with Gasteiger partial charge in [0.15, 0.2) is 0 Å². The zero-order chi connectivity index (χ0) is 23.6. The van der Waals surface area contributed by atoms with Crippen molar-refractivity contribution in [1.29, 1.82) is 0 Å². The predicted molar refractivity (Wildman–Crippen MR) is 124 cm³/mol. The lowest BCUT2D eigenvalue weighted by molar-refractivity contribution is -0.136. The van der Waals surface area contributed by atoms with Crippen LogP contribution in [0.25, 0.3) is 0 Å². The number of carbonyl (C=O) groups is 3. The molecule has 3 amide bonds. The van der Waals surface area contributed by atoms with Crippen LogP contribution in [0.2, 0.25) is 0 Å². The second-order valence-electron chi connectivity index (χ2n) is 9.11. The van der Waals surface area contributed by atoms with Crippen LogP contribution in [0, 0.1) is 0 Å². The highest BCUT2D eigenvalue weighted by Gasteiger charge is 2.38. The number of hydrogen-bond donors (Lipinski definition) is 3. The van der Waals surface area contributed by atoms with Gasteiger partial charge in [-0.1, -0.05) is 37.3 Å². The van der Waals surface area contributed by atoms with Crippen LogP contribution >= 0.6 is 0 Å². The Balaban J connectivity index is 1.31. The molecule has 0 unspecified atom stereocenters. The first-order valence-electron chi connectivity index (χ1n) is 11.3. The van der Waals surface area contributed by atoms with Crippen LogP contribution in [0.1, 0.15) is 55.1 Å². The minimum absolute atomic E-state index is 0.0902. The van der Waals surface area contributed by atoms with Gasteiger partial charge in [0.1, 0.15) is 12.4 Å². The first-order valence-corrected chi connectivity index (χ1v) is 11.3. The van der Waals surface area contributed by atoms with E-state index in [0.29, 0.717) is 43.7 Å². The van der Waals surface area contributed by atoms with Gasteiger partial charge < -0.3 is 25.6 Å². The number of aromatic nitrogens is 1. The van der Waals surface area contributed by atoms with Gasteiger partial charge in [0.25, 0.3) is 5.91 Å². The second kappa shape index (κ2) is 9.27. The molecule has 0 saturated carbocycles. The minimum atomic E-state index is -1.05. The summed E-state index contributed by atoms with van der Waals surface area (Å²) in [5, 5.41) is 13.8. The summed E-state index contributed by atoms with van der Waals surface area (Å²) in [6.45, 7) is 4.83. The number of benzene rings is 1. The van der Waals surface area contributed by atoms with Gasteiger partial charge in [-0.25, -0.2) is 0 Å². The summed E-state index contributed by atoms with van der Waals surface area (Å²) in [4.78, 5) is 40.4. The van der Waals surface area contributed by atoms with E-state index in [1.807, 2.05) is 35.2 Å². The molecule has 33 heavy (non-hydrogen) atoms. The molecule has 1 fully saturated rings. The number of likely N-dealkylation sites (tertiary alicyclic amines) is 1. The zero-order valence-corrected chi connectivity index (χ0v) is 19.1. The number of amides is 3. The molecule has 1 saturated heterocycles. The van der Waals surface area contributed by atoms with Crippen molar-refractivity contribution in [2.24, 2.45) is 0 Å². The molecule has 1 atom stereocenters. The predicted octanol–water partition coefficient (Wildman–Crippen LogP) is 1.95. The van der Waals surface area contributed by atoms with Crippen LogP contribution in [0.5, 0.6) is 0 Å². The van der Waals surface area contributed by atoms with Gasteiger partial charge in [-0.2, -0.15) is 0 Å². The first-order chi connectivity index (χ1) is 15.7. The largest absolute Gasteiger partial charge is 0.388 e. The topological polar surface area (TPSA) is 107 Å². The molecule has 3 heterocycles. The van der Waals surface area contributed by atoms with Crippen molar-refractivity contribution in [2.75, 3.05) is 37.0 Å². The molecule has 9 nitrogen and oxygen atoms in total. The van der Waals surface area contributed by atoms with E-state index >= 15 is 0 Å². The lowest BCUT2D eigenvalue weighted by Crippen LogP contribution is -2.56. The monoisotopic (exact) mass is 453 g/mol. The van der Waals surface area contributed by atoms with Gasteiger partial charge in [-0.15, -0.1) is 0 Å². The molecule has 1 aromatic heterocycles. The van der Waals surface area contributed by atoms with Crippen molar-refractivity contribution in [2.45, 2.75) is 44.6 Å². The van der Waals surface area contributed by atoms with Gasteiger partial charge in [0, 0.05) is 26.4 Å². The second-order valence-corrected chi connectivity index (χ2v) is 9.11. The Morgan fingerprint density at radius 2 is 1.91 bits per heavy atom. The van der Waals surface area contributed by atoms with Gasteiger partial charge in [-0.3, -0.25) is 19.1 Å². The lowest BCUT2D eigenvalue weighted by atomic mass is 9.89. The maximum absolute atomic E-state index is 12.9. The third kappa shape index (κ3) is 5.19. The molecule has 1 aromatic carbocycles. The van der Waals surface area contributed by atoms with E-state index < -0.39 is 5.60 Å². The average molecular weight is 454 g/mol. The van der Waals surface area contributed by atoms with E-state index in [0.717, 1.165) is 5.56 Å². The number of hydrogen-bond acceptors (Lipinski definition) is 5. The summed E-state index contributed by atoms with van der Waals surface area (Å²) >= 11 is 0. The molecular weight excluding hydrogens is 422 g/mol. The summed E-state index contributed by atoms with van der Waals surface area (Å²) in [6.07, 6.45) is 2.92. The molecule has 9 heteroatoms. The average Bonchev–Trinajstić information content (AvgIpc) is 3.19. The molecule has 0 bridgehead atoms. The molecule has 3 N–H and O–H groups in total. The highest BCUT2D eigenvalue weighted by Crippen LogP contribution is 2.27. The first kappa shape index (κ1) is 22.8. The van der Waals surface area contributed by atoms with E-state index in [1.54, 1.807) is 21.8 Å². The minimum Gasteiger partial charge on any atom is -0.388 e. The van der Waals surface area contributed by atoms with Crippen molar-refractivity contribution in [3.05, 3.63) is 53.9 Å². The summed E-state index contributed by atoms with van der Waals surface area (Å²) < 4.78 is 1.59. The van der Waals surface area contributed by atoms with Crippen LogP contribution in [0.15, 0.2) is 42.6 Å². The highest BCUT2D eigenvalue weighted by atomic mass is 16.3. The summed E-state index contributed by atoms with van der Waals surface area (Å²) in [5.74, 6) is -0.201. The smallest absolute Gasteiger partial charge is 0.274 e. The standard InChI is InChI=1S/C24H31N5O4/c1-17(19-6-4-3-5-7-19)12-22(31)27-10-8-24(33,9-11-27)15-28-16-25-29-14-20(26-18(2)30)13-21(29)23(28)32/h3-7,13-14,17,25,33H,8-12,15-16H2,1-2H3,(H,26,30)/t17-/m1/s1. The number of piperidine rings is 1. The SMILES string of the molecule is CC(=O)Nc1cc2n(c1)NCN(CC1(O)CCN(C(=O)C[C@@H](C)c3ccccc3)CC1)C2=O. The van der Waals surface area contributed by atoms with Crippen molar-refractivity contribution in [3.8, 4) is 0 Å². The highest BCUT2D eigenvalue weighted by molar-refractivity contribution is 5.97. The number of nitrogens with zero attached hydrogens (tertiary/aromatic N) is 3. The normalized spacial score (nSPS) is 18.3. The quantitative estimate of drug-likeness (QED) is 0.620. The molecule has 176 valence electrons. The third-order valence-corrected chi connectivity index (χ3v) is 6.46. The molecule has 4 rings (SSSR count). The van der Waals surface area contributed by atoms with Crippen molar-refractivity contribution < 1.29 is 19.5 Å². The number of fused-ring (bicyclic) bond motifs is 1. The summed E-state index contributed by atoms with van der Waals surface area (Å²) in [7, 11) is 0. The van der Waals surface area contributed by atoms with E-state index in [4.69, 9.17) is 0 Å². The molecule has 0 aliphatic carbocycles. The number of aliphatic hydroxyl groups is 1. The van der Waals surface area contributed by atoms with Gasteiger partial charge in [-0.05, 0) is 30.4 Å². The van der Waals surface area contributed by atoms with Gasteiger partial charge in [0.05, 0.1) is 24.0 Å². The Morgan fingerprint density at radius 3 is 2.58 bits per heavy atom. The summed E-state index contributed by atoms with van der Waals surface area (Å²) in [5.41, 5.74) is 4.13. The molecule has 2 aliphatic heterocycles. The van der Waals surface area contributed by atoms with Crippen molar-refractivity contribution >= 4 is 23.4 Å². The third-order valence-electron chi connectivity index (χ3n) is 6.46. The zero-order valence-electron chi connectivity index (χ0n) is 19.1. The molecular formula is C24H31N5O4. The lowest BCUT2D eigenvalue weighted by Gasteiger charge is -2.42. The maximum atomic E-state index is 12.9. The van der Waals surface area contributed by atoms with E-state index in [9.17, 15) is 19.5 Å². The van der Waals surface area contributed by atoms with Crippen LogP contribution in [0.4, 0.5) is 5.69 Å².